The van der Waals surface area contributed by atoms with Gasteiger partial charge in [0.2, 0.25) is 76.6 Å². The van der Waals surface area contributed by atoms with Gasteiger partial charge in [0.05, 0.1) is 21.3 Å². The average molecular weight is 1530 g/mol. The Morgan fingerprint density at radius 3 is 1.05 bits per heavy atom. The Kier molecular flexibility index (Phi) is 25.6. The molecule has 12 rings (SSSR count). The summed E-state index contributed by atoms with van der Waals surface area (Å²) in [6.07, 6.45) is -0.757. The van der Waals surface area contributed by atoms with E-state index in [9.17, 15) is 38.4 Å². The minimum Gasteiger partial charge on any atom is -0.497 e. The Balaban J connectivity index is 1.01. The molecule has 12 atom stereocenters. The first-order valence-electron chi connectivity index (χ1n) is 36.5. The fourth-order valence-corrected chi connectivity index (χ4v) is 13.9. The van der Waals surface area contributed by atoms with Crippen molar-refractivity contribution in [2.75, 3.05) is 63.6 Å². The van der Waals surface area contributed by atoms with Crippen molar-refractivity contribution in [2.24, 2.45) is 0 Å². The number of likely N-dealkylation sites (N-methyl/N-ethyl adjacent to an activating group) is 6. The van der Waals surface area contributed by atoms with Crippen molar-refractivity contribution in [1.29, 1.82) is 0 Å². The van der Waals surface area contributed by atoms with Gasteiger partial charge in [0.15, 0.2) is 23.0 Å². The van der Waals surface area contributed by atoms with Gasteiger partial charge in [0, 0.05) is 80.8 Å². The van der Waals surface area contributed by atoms with E-state index in [1.54, 1.807) is 127 Å². The highest BCUT2D eigenvalue weighted by atomic mass is 16.6. The Morgan fingerprint density at radius 2 is 0.658 bits per heavy atom. The van der Waals surface area contributed by atoms with E-state index in [4.69, 9.17) is 28.4 Å². The molecule has 0 aliphatic carbocycles. The molecule has 12 amide bonds. The minimum atomic E-state index is -1.47. The standard InChI is InChI=1S/C81H96N12O18/c1-43-70(94)84-45(3)76(100)88(7)59(34-49-16-25-55(106-13)26-17-49)74(98)86-47(5)78(102)92(11)63-36-51-20-29-57(30-21-51)109-66-40-53(38-61(72(96)82-43)90(9)80(63)104)24-33-65(66)111-68-42-54-39-62-73(97)83-44(2)71(95)85-46(4)77(101)89(8)60(35-50-18-27-56(107-14)28-19-50)75(99)87-48(6)79(103)93(12)64(81(105)91(62)10)37-52-22-31-58(32-23-52)110-67(41-54)69(68)108-15/h16-33,40-48,59-64H,34-39H2,1-15H3,(H,82,96)(H,83,97)(H,84,94)(H,85,95)(H,86,98)(H,87,99)/t43-,44-,45+,46+,47+,48+,59+,60+,61+,62+,63+,64+/m1/s1. The lowest BCUT2D eigenvalue weighted by atomic mass is 9.98. The predicted octanol–water partition coefficient (Wildman–Crippen LogP) is 3.79. The summed E-state index contributed by atoms with van der Waals surface area (Å²) in [6.45, 7) is 8.61. The topological polar surface area (TPSA) is 352 Å². The third-order valence-electron chi connectivity index (χ3n) is 20.8. The third-order valence-corrected chi connectivity index (χ3v) is 20.8. The molecule has 6 N–H and O–H groups in total. The van der Waals surface area contributed by atoms with Crippen molar-refractivity contribution < 1.29 is 86.0 Å². The van der Waals surface area contributed by atoms with Crippen LogP contribution < -0.4 is 60.3 Å². The number of ether oxygens (including phenoxy) is 6. The summed E-state index contributed by atoms with van der Waals surface area (Å²) in [6, 6.07) is 19.5. The van der Waals surface area contributed by atoms with E-state index in [1.807, 2.05) is 0 Å². The van der Waals surface area contributed by atoms with E-state index < -0.39 is 143 Å². The maximum absolute atomic E-state index is 15.6. The molecule has 6 aromatic rings. The smallest absolute Gasteiger partial charge is 0.246 e. The molecule has 111 heavy (non-hydrogen) atoms. The summed E-state index contributed by atoms with van der Waals surface area (Å²) in [5.41, 5.74) is 3.10. The van der Waals surface area contributed by atoms with Gasteiger partial charge in [-0.05, 0) is 148 Å². The van der Waals surface area contributed by atoms with Gasteiger partial charge in [-0.25, -0.2) is 0 Å². The quantitative estimate of drug-likeness (QED) is 0.120. The van der Waals surface area contributed by atoms with Crippen LogP contribution in [0.2, 0.25) is 0 Å². The van der Waals surface area contributed by atoms with Gasteiger partial charge < -0.3 is 89.7 Å². The SMILES string of the molecule is COc1ccc(C[C@H]2C(=O)N[C@@H](C)C(=O)N(C)[C@H]3Cc4ccc(cc4)Oc4cc(ccc4Oc4cc5cc(c4OC)Oc4ccc(cc4)C[C@H]4C(=O)N(C)[C@@H](C5)C(=O)N[C@H](C)C(=O)N[C@@H](C)C(=O)N(C)[C@@H](Cc5ccc(OC)cc5)C(=O)N[C@@H](C)C(=O)N4C)C[C@@H](C(=O)N[C@H](C)C(=O)N[C@@H](C)C(=O)N2C)N(C)C3=O)cc1. The molecule has 0 unspecified atom stereocenters. The molecule has 0 spiro atoms. The van der Waals surface area contributed by atoms with Gasteiger partial charge in [-0.2, -0.15) is 0 Å². The zero-order valence-electron chi connectivity index (χ0n) is 64.8. The Labute approximate surface area is 644 Å². The fourth-order valence-electron chi connectivity index (χ4n) is 13.9. The van der Waals surface area contributed by atoms with Gasteiger partial charge in [-0.3, -0.25) is 57.5 Å². The number of carbonyl (C=O) groups is 12. The number of nitrogens with one attached hydrogen (secondary N) is 6. The molecule has 6 aromatic carbocycles. The third kappa shape index (κ3) is 18.7. The lowest BCUT2D eigenvalue weighted by Gasteiger charge is -2.37. The number of rotatable bonds is 9. The highest BCUT2D eigenvalue weighted by Crippen LogP contribution is 2.46. The molecular weight excluding hydrogens is 1430 g/mol. The van der Waals surface area contributed by atoms with Crippen LogP contribution in [0, 0.1) is 0 Å². The van der Waals surface area contributed by atoms with E-state index in [-0.39, 0.29) is 78.8 Å². The lowest BCUT2D eigenvalue weighted by molar-refractivity contribution is -0.149. The van der Waals surface area contributed by atoms with Gasteiger partial charge in [-0.1, -0.05) is 54.6 Å². The second-order valence-corrected chi connectivity index (χ2v) is 28.6. The summed E-state index contributed by atoms with van der Waals surface area (Å²) in [4.78, 5) is 184. The van der Waals surface area contributed by atoms with Crippen LogP contribution in [0.4, 0.5) is 0 Å². The van der Waals surface area contributed by atoms with E-state index in [2.05, 4.69) is 31.9 Å². The van der Waals surface area contributed by atoms with Gasteiger partial charge in [0.1, 0.15) is 95.5 Å². The highest BCUT2D eigenvalue weighted by molar-refractivity contribution is 6.00. The van der Waals surface area contributed by atoms with Crippen molar-refractivity contribution in [1.82, 2.24) is 61.3 Å². The van der Waals surface area contributed by atoms with Crippen molar-refractivity contribution in [3.63, 3.8) is 0 Å². The van der Waals surface area contributed by atoms with Crippen LogP contribution >= 0.6 is 0 Å². The number of nitrogens with zero attached hydrogens (tertiary/aromatic N) is 6. The summed E-state index contributed by atoms with van der Waals surface area (Å²) >= 11 is 0. The maximum Gasteiger partial charge on any atom is 0.246 e. The first-order chi connectivity index (χ1) is 52.7. The van der Waals surface area contributed by atoms with Crippen LogP contribution in [0.5, 0.6) is 51.7 Å². The van der Waals surface area contributed by atoms with Crippen molar-refractivity contribution in [3.8, 4) is 51.7 Å². The molecule has 588 valence electrons. The lowest BCUT2D eigenvalue weighted by Crippen LogP contribution is -2.61. The minimum absolute atomic E-state index is 0.00269. The molecule has 12 bridgehead atoms. The first kappa shape index (κ1) is 81.3. The zero-order chi connectivity index (χ0) is 80.6. The molecule has 6 aliphatic rings. The summed E-state index contributed by atoms with van der Waals surface area (Å²) in [7, 11) is 12.9. The number of fused-ring (bicyclic) bond motifs is 4. The Bertz CT molecular complexity index is 4520. The summed E-state index contributed by atoms with van der Waals surface area (Å²) in [5.74, 6) is -6.64. The second-order valence-electron chi connectivity index (χ2n) is 28.6. The highest BCUT2D eigenvalue weighted by Gasteiger charge is 2.43. The van der Waals surface area contributed by atoms with Crippen molar-refractivity contribution in [2.45, 2.75) is 153 Å². The largest absolute Gasteiger partial charge is 0.497 e. The molecular formula is C81H96N12O18. The fraction of sp³-hybridized carbons (Fsp3) is 0.407. The zero-order valence-corrected chi connectivity index (χ0v) is 64.8. The predicted molar refractivity (Wildman–Crippen MR) is 406 cm³/mol. The number of benzene rings is 6. The summed E-state index contributed by atoms with van der Waals surface area (Å²) < 4.78 is 37.0. The van der Waals surface area contributed by atoms with Crippen LogP contribution in [0.25, 0.3) is 0 Å². The molecule has 0 radical (unpaired) electrons. The van der Waals surface area contributed by atoms with Crippen LogP contribution in [0.15, 0.2) is 127 Å². The van der Waals surface area contributed by atoms with Gasteiger partial charge in [-0.15, -0.1) is 0 Å². The van der Waals surface area contributed by atoms with E-state index in [0.717, 1.165) is 0 Å². The van der Waals surface area contributed by atoms with Crippen LogP contribution in [-0.4, -0.2) is 236 Å². The Morgan fingerprint density at radius 1 is 0.324 bits per heavy atom. The van der Waals surface area contributed by atoms with Gasteiger partial charge >= 0.3 is 0 Å². The Hall–Kier alpha value is -12.2. The van der Waals surface area contributed by atoms with E-state index >= 15 is 19.2 Å². The van der Waals surface area contributed by atoms with Crippen LogP contribution in [0.3, 0.4) is 0 Å². The second kappa shape index (κ2) is 35.0. The first-order valence-corrected chi connectivity index (χ1v) is 36.5. The molecule has 30 nitrogen and oxygen atoms in total. The number of amides is 12. The average Bonchev–Trinajstić information content (AvgIpc) is 0.788. The van der Waals surface area contributed by atoms with Crippen LogP contribution in [0.1, 0.15) is 74.9 Å². The van der Waals surface area contributed by atoms with E-state index in [1.165, 1.54) is 135 Å². The monoisotopic (exact) mass is 1520 g/mol. The maximum atomic E-state index is 15.6. The molecule has 6 heterocycles. The van der Waals surface area contributed by atoms with Gasteiger partial charge in [0.25, 0.3) is 0 Å². The van der Waals surface area contributed by atoms with E-state index in [0.29, 0.717) is 44.9 Å². The number of hydrogen-bond donors (Lipinski definition) is 6. The number of methoxy groups -OCH3 is 3. The normalized spacial score (nSPS) is 24.6. The number of carbonyl (C=O) groups excluding carboxylic acids is 12. The molecule has 6 aliphatic heterocycles. The molecule has 30 heteroatoms. The summed E-state index contributed by atoms with van der Waals surface area (Å²) in [5, 5.41) is 16.4. The molecule has 0 aromatic heterocycles. The molecule has 2 saturated heterocycles. The van der Waals surface area contributed by atoms with Crippen molar-refractivity contribution in [3.05, 3.63) is 161 Å². The molecule has 0 saturated carbocycles. The van der Waals surface area contributed by atoms with Crippen molar-refractivity contribution >= 4 is 70.9 Å². The molecule has 2 fully saturated rings. The van der Waals surface area contributed by atoms with Crippen LogP contribution in [-0.2, 0) is 96.1 Å². The number of hydrogen-bond acceptors (Lipinski definition) is 18.